The second kappa shape index (κ2) is 5.94. The molecule has 0 aliphatic rings. The number of hydrazine groups is 1. The molecule has 6 nitrogen and oxygen atoms in total. The normalized spacial score (nSPS) is 12.0. The molecule has 1 aromatic heterocycles. The summed E-state index contributed by atoms with van der Waals surface area (Å²) in [4.78, 5) is 10.2. The standard InChI is InChI=1S/C13H17ClN6/c1-8(9-3-5-10(14)6-4-9)20(2)12-7-11(19-16)17-13(15)18-12/h3-8H,16H2,1-2H3,(H3,15,17,18,19). The second-order valence-corrected chi connectivity index (χ2v) is 4.89. The van der Waals surface area contributed by atoms with Crippen LogP contribution in [-0.2, 0) is 0 Å². The fraction of sp³-hybridized carbons (Fsp3) is 0.231. The molecule has 2 aromatic rings. The van der Waals surface area contributed by atoms with Crippen molar-refractivity contribution in [2.45, 2.75) is 13.0 Å². The monoisotopic (exact) mass is 292 g/mol. The molecule has 0 bridgehead atoms. The van der Waals surface area contributed by atoms with Crippen LogP contribution in [0.4, 0.5) is 17.6 Å². The highest BCUT2D eigenvalue weighted by molar-refractivity contribution is 6.30. The third kappa shape index (κ3) is 3.09. The van der Waals surface area contributed by atoms with Crippen LogP contribution in [0.5, 0.6) is 0 Å². The van der Waals surface area contributed by atoms with Crippen molar-refractivity contribution in [1.29, 1.82) is 0 Å². The zero-order valence-electron chi connectivity index (χ0n) is 11.3. The Morgan fingerprint density at radius 2 is 1.90 bits per heavy atom. The molecule has 0 spiro atoms. The van der Waals surface area contributed by atoms with Crippen molar-refractivity contribution in [2.24, 2.45) is 5.84 Å². The van der Waals surface area contributed by atoms with Gasteiger partial charge < -0.3 is 16.1 Å². The number of nitrogens with zero attached hydrogens (tertiary/aromatic N) is 3. The van der Waals surface area contributed by atoms with Gasteiger partial charge >= 0.3 is 0 Å². The Bertz CT molecular complexity index is 586. The van der Waals surface area contributed by atoms with E-state index in [0.29, 0.717) is 16.7 Å². The molecule has 20 heavy (non-hydrogen) atoms. The van der Waals surface area contributed by atoms with Gasteiger partial charge in [-0.05, 0) is 24.6 Å². The number of aromatic nitrogens is 2. The highest BCUT2D eigenvalue weighted by Crippen LogP contribution is 2.26. The van der Waals surface area contributed by atoms with Crippen LogP contribution in [0.25, 0.3) is 0 Å². The van der Waals surface area contributed by atoms with Crippen LogP contribution < -0.4 is 21.9 Å². The maximum absolute atomic E-state index is 5.90. The third-order valence-electron chi connectivity index (χ3n) is 3.17. The van der Waals surface area contributed by atoms with Gasteiger partial charge in [0.05, 0.1) is 6.04 Å². The Hall–Kier alpha value is -2.05. The molecule has 0 fully saturated rings. The summed E-state index contributed by atoms with van der Waals surface area (Å²) in [5.41, 5.74) is 9.27. The number of nitrogen functional groups attached to an aromatic ring is 2. The van der Waals surface area contributed by atoms with Crippen LogP contribution in [0.3, 0.4) is 0 Å². The summed E-state index contributed by atoms with van der Waals surface area (Å²) in [6.45, 7) is 2.07. The van der Waals surface area contributed by atoms with Crippen molar-refractivity contribution in [1.82, 2.24) is 9.97 Å². The minimum atomic E-state index is 0.104. The third-order valence-corrected chi connectivity index (χ3v) is 3.42. The topological polar surface area (TPSA) is 93.1 Å². The molecule has 0 amide bonds. The summed E-state index contributed by atoms with van der Waals surface area (Å²) in [6, 6.07) is 9.53. The van der Waals surface area contributed by atoms with E-state index >= 15 is 0 Å². The zero-order valence-corrected chi connectivity index (χ0v) is 12.1. The van der Waals surface area contributed by atoms with Crippen molar-refractivity contribution in [3.05, 3.63) is 40.9 Å². The summed E-state index contributed by atoms with van der Waals surface area (Å²) in [7, 11) is 1.93. The molecule has 0 saturated carbocycles. The van der Waals surface area contributed by atoms with Gasteiger partial charge in [0.15, 0.2) is 0 Å². The van der Waals surface area contributed by atoms with Crippen LogP contribution in [0, 0.1) is 0 Å². The zero-order chi connectivity index (χ0) is 14.7. The van der Waals surface area contributed by atoms with Gasteiger partial charge in [0, 0.05) is 18.1 Å². The first-order valence-electron chi connectivity index (χ1n) is 6.10. The van der Waals surface area contributed by atoms with E-state index < -0.39 is 0 Å². The summed E-state index contributed by atoms with van der Waals surface area (Å²) >= 11 is 5.90. The Kier molecular flexibility index (Phi) is 4.26. The molecular formula is C13H17ClN6. The smallest absolute Gasteiger partial charge is 0.223 e. The van der Waals surface area contributed by atoms with Gasteiger partial charge in [0.1, 0.15) is 11.6 Å². The number of rotatable bonds is 4. The quantitative estimate of drug-likeness (QED) is 0.591. The number of hydrogen-bond acceptors (Lipinski definition) is 6. The molecule has 0 radical (unpaired) electrons. The van der Waals surface area contributed by atoms with Gasteiger partial charge in [-0.1, -0.05) is 23.7 Å². The van der Waals surface area contributed by atoms with E-state index in [4.69, 9.17) is 23.2 Å². The van der Waals surface area contributed by atoms with E-state index in [0.717, 1.165) is 5.56 Å². The summed E-state index contributed by atoms with van der Waals surface area (Å²) < 4.78 is 0. The summed E-state index contributed by atoms with van der Waals surface area (Å²) in [5.74, 6) is 6.70. The molecule has 1 heterocycles. The van der Waals surface area contributed by atoms with Crippen molar-refractivity contribution >= 4 is 29.2 Å². The molecular weight excluding hydrogens is 276 g/mol. The van der Waals surface area contributed by atoms with Gasteiger partial charge in [-0.15, -0.1) is 0 Å². The molecule has 1 atom stereocenters. The lowest BCUT2D eigenvalue weighted by Crippen LogP contribution is -2.23. The lowest BCUT2D eigenvalue weighted by molar-refractivity contribution is 0.728. The fourth-order valence-corrected chi connectivity index (χ4v) is 2.00. The van der Waals surface area contributed by atoms with Crippen LogP contribution >= 0.6 is 11.6 Å². The first-order chi connectivity index (χ1) is 9.51. The Labute approximate surface area is 122 Å². The van der Waals surface area contributed by atoms with Gasteiger partial charge in [-0.25, -0.2) is 5.84 Å². The van der Waals surface area contributed by atoms with E-state index in [1.165, 1.54) is 0 Å². The fourth-order valence-electron chi connectivity index (χ4n) is 1.87. The van der Waals surface area contributed by atoms with E-state index in [-0.39, 0.29) is 12.0 Å². The Morgan fingerprint density at radius 1 is 1.25 bits per heavy atom. The molecule has 0 aliphatic carbocycles. The van der Waals surface area contributed by atoms with E-state index in [1.54, 1.807) is 6.07 Å². The second-order valence-electron chi connectivity index (χ2n) is 4.45. The predicted octanol–water partition coefficient (Wildman–Crippen LogP) is 2.20. The summed E-state index contributed by atoms with van der Waals surface area (Å²) in [5, 5.41) is 0.713. The highest BCUT2D eigenvalue weighted by Gasteiger charge is 2.15. The first-order valence-corrected chi connectivity index (χ1v) is 6.48. The lowest BCUT2D eigenvalue weighted by atomic mass is 10.1. The number of benzene rings is 1. The van der Waals surface area contributed by atoms with Gasteiger partial charge in [-0.2, -0.15) is 9.97 Å². The average molecular weight is 293 g/mol. The number of anilines is 3. The van der Waals surface area contributed by atoms with E-state index in [2.05, 4.69) is 22.3 Å². The predicted molar refractivity (Wildman–Crippen MR) is 82.5 cm³/mol. The van der Waals surface area contributed by atoms with Crippen LogP contribution in [0.2, 0.25) is 5.02 Å². The molecule has 1 aromatic carbocycles. The maximum Gasteiger partial charge on any atom is 0.223 e. The SMILES string of the molecule is CC(c1ccc(Cl)cc1)N(C)c1cc(NN)nc(N)n1. The molecule has 1 unspecified atom stereocenters. The lowest BCUT2D eigenvalue weighted by Gasteiger charge is -2.26. The number of nitrogens with one attached hydrogen (secondary N) is 1. The highest BCUT2D eigenvalue weighted by atomic mass is 35.5. The van der Waals surface area contributed by atoms with Gasteiger partial charge in [0.25, 0.3) is 0 Å². The number of halogens is 1. The van der Waals surface area contributed by atoms with Crippen LogP contribution in [-0.4, -0.2) is 17.0 Å². The van der Waals surface area contributed by atoms with Crippen molar-refractivity contribution in [3.63, 3.8) is 0 Å². The van der Waals surface area contributed by atoms with Gasteiger partial charge in [0.2, 0.25) is 5.95 Å². The largest absolute Gasteiger partial charge is 0.368 e. The van der Waals surface area contributed by atoms with Crippen LogP contribution in [0.1, 0.15) is 18.5 Å². The molecule has 106 valence electrons. The minimum Gasteiger partial charge on any atom is -0.368 e. The molecule has 0 aliphatic heterocycles. The van der Waals surface area contributed by atoms with Gasteiger partial charge in [-0.3, -0.25) is 0 Å². The van der Waals surface area contributed by atoms with E-state index in [1.807, 2.05) is 36.2 Å². The first kappa shape index (κ1) is 14.4. The molecule has 0 saturated heterocycles. The molecule has 7 heteroatoms. The van der Waals surface area contributed by atoms with Crippen molar-refractivity contribution in [2.75, 3.05) is 23.1 Å². The molecule has 5 N–H and O–H groups in total. The number of nitrogens with two attached hydrogens (primary N) is 2. The summed E-state index contributed by atoms with van der Waals surface area (Å²) in [6.07, 6.45) is 0. The maximum atomic E-state index is 5.90. The minimum absolute atomic E-state index is 0.104. The average Bonchev–Trinajstić information content (AvgIpc) is 2.45. The Balaban J connectivity index is 2.28. The Morgan fingerprint density at radius 3 is 2.50 bits per heavy atom. The molecule has 2 rings (SSSR count). The number of hydrogen-bond donors (Lipinski definition) is 3. The van der Waals surface area contributed by atoms with E-state index in [9.17, 15) is 0 Å². The van der Waals surface area contributed by atoms with Crippen LogP contribution in [0.15, 0.2) is 30.3 Å². The van der Waals surface area contributed by atoms with Crippen molar-refractivity contribution in [3.8, 4) is 0 Å². The van der Waals surface area contributed by atoms with Crippen molar-refractivity contribution < 1.29 is 0 Å².